The molecule has 1 saturated heterocycles. The van der Waals surface area contributed by atoms with Gasteiger partial charge in [0, 0.05) is 41.8 Å². The Balaban J connectivity index is 1.96. The minimum absolute atomic E-state index is 0.723. The zero-order valence-electron chi connectivity index (χ0n) is 13.0. The van der Waals surface area contributed by atoms with Crippen molar-refractivity contribution in [1.29, 1.82) is 0 Å². The van der Waals surface area contributed by atoms with Crippen LogP contribution < -0.4 is 0 Å². The number of hydrogen-bond donors (Lipinski definition) is 2. The Labute approximate surface area is 130 Å². The van der Waals surface area contributed by atoms with E-state index >= 15 is 0 Å². The molecule has 4 heterocycles. The number of aliphatic hydroxyl groups is 1. The van der Waals surface area contributed by atoms with Gasteiger partial charge in [-0.3, -0.25) is 4.90 Å². The summed E-state index contributed by atoms with van der Waals surface area (Å²) in [6, 6.07) is 8.38. The van der Waals surface area contributed by atoms with Crippen molar-refractivity contribution in [3.8, 4) is 0 Å². The van der Waals surface area contributed by atoms with Gasteiger partial charge < -0.3 is 10.1 Å². The average molecular weight is 294 g/mol. The van der Waals surface area contributed by atoms with Crippen LogP contribution in [0.5, 0.6) is 0 Å². The van der Waals surface area contributed by atoms with Crippen molar-refractivity contribution in [2.75, 3.05) is 19.6 Å². The molecule has 3 heteroatoms. The smallest absolute Gasteiger partial charge is 0.114 e. The fourth-order valence-electron chi connectivity index (χ4n) is 3.99. The zero-order chi connectivity index (χ0) is 15.3. The Morgan fingerprint density at radius 1 is 1.32 bits per heavy atom. The maximum atomic E-state index is 11.3. The number of hydrogen-bond acceptors (Lipinski definition) is 2. The first kappa shape index (κ1) is 13.8. The molecule has 3 aliphatic heterocycles. The van der Waals surface area contributed by atoms with Crippen LogP contribution in [0.15, 0.2) is 42.5 Å². The highest BCUT2D eigenvalue weighted by atomic mass is 16.3. The van der Waals surface area contributed by atoms with Gasteiger partial charge in [-0.25, -0.2) is 0 Å². The maximum Gasteiger partial charge on any atom is 0.114 e. The molecule has 1 aromatic heterocycles. The highest BCUT2D eigenvalue weighted by Crippen LogP contribution is 2.42. The van der Waals surface area contributed by atoms with Gasteiger partial charge in [-0.2, -0.15) is 0 Å². The van der Waals surface area contributed by atoms with E-state index in [4.69, 9.17) is 0 Å². The van der Waals surface area contributed by atoms with Gasteiger partial charge >= 0.3 is 0 Å². The van der Waals surface area contributed by atoms with Crippen LogP contribution in [0, 0.1) is 0 Å². The van der Waals surface area contributed by atoms with E-state index in [9.17, 15) is 5.11 Å². The molecule has 3 nitrogen and oxygen atoms in total. The Kier molecular flexibility index (Phi) is 3.03. The number of aromatic nitrogens is 1. The number of para-hydroxylation sites is 1. The van der Waals surface area contributed by atoms with Crippen molar-refractivity contribution in [3.05, 3.63) is 53.8 Å². The van der Waals surface area contributed by atoms with Gasteiger partial charge in [0.15, 0.2) is 0 Å². The zero-order valence-corrected chi connectivity index (χ0v) is 13.0. The second kappa shape index (κ2) is 4.83. The van der Waals surface area contributed by atoms with Gasteiger partial charge in [-0.1, -0.05) is 30.9 Å². The lowest BCUT2D eigenvalue weighted by molar-refractivity contribution is 0.0788. The molecule has 1 aromatic carbocycles. The number of nitrogens with one attached hydrogen (secondary N) is 1. The van der Waals surface area contributed by atoms with Crippen LogP contribution in [0.25, 0.3) is 16.5 Å². The molecule has 2 bridgehead atoms. The lowest BCUT2D eigenvalue weighted by atomic mass is 9.79. The highest BCUT2D eigenvalue weighted by Gasteiger charge is 2.41. The lowest BCUT2D eigenvalue weighted by Gasteiger charge is -2.40. The molecule has 0 radical (unpaired) electrons. The van der Waals surface area contributed by atoms with Gasteiger partial charge in [0.05, 0.1) is 0 Å². The first-order chi connectivity index (χ1) is 10.6. The molecule has 0 spiro atoms. The largest absolute Gasteiger partial charge is 0.381 e. The summed E-state index contributed by atoms with van der Waals surface area (Å²) in [7, 11) is 0. The van der Waals surface area contributed by atoms with E-state index in [1.165, 1.54) is 10.9 Å². The summed E-state index contributed by atoms with van der Waals surface area (Å²) in [6.45, 7) is 9.11. The second-order valence-electron chi connectivity index (χ2n) is 6.45. The summed E-state index contributed by atoms with van der Waals surface area (Å²) in [5.41, 5.74) is 4.45. The van der Waals surface area contributed by atoms with E-state index in [1.54, 1.807) is 0 Å². The van der Waals surface area contributed by atoms with E-state index in [0.29, 0.717) is 0 Å². The minimum Gasteiger partial charge on any atom is -0.381 e. The topological polar surface area (TPSA) is 39.3 Å². The molecule has 2 unspecified atom stereocenters. The van der Waals surface area contributed by atoms with Crippen LogP contribution in [-0.2, 0) is 6.42 Å². The summed E-state index contributed by atoms with van der Waals surface area (Å²) in [5.74, 6) is 0. The third-order valence-electron chi connectivity index (χ3n) is 5.36. The molecular formula is C19H22N2O. The quantitative estimate of drug-likeness (QED) is 0.733. The van der Waals surface area contributed by atoms with Gasteiger partial charge in [-0.15, -0.1) is 0 Å². The van der Waals surface area contributed by atoms with Gasteiger partial charge in [0.1, 0.15) is 5.60 Å². The molecule has 3 aliphatic rings. The molecule has 5 rings (SSSR count). The van der Waals surface area contributed by atoms with Crippen LogP contribution in [0.4, 0.5) is 0 Å². The third-order valence-corrected chi connectivity index (χ3v) is 5.36. The molecule has 22 heavy (non-hydrogen) atoms. The van der Waals surface area contributed by atoms with Crippen molar-refractivity contribution in [2.45, 2.75) is 25.4 Å². The fraction of sp³-hybridized carbons (Fsp3) is 0.368. The standard InChI is InChI=1S/C19H22N2O/c1-3-14-12-21-10-8-16-15-6-4-5-7-17(15)20-18(16)13(2)19(14,22)9-11-21/h3-7,20,22H,2,8-12H2,1H3/b14-3+. The van der Waals surface area contributed by atoms with E-state index in [0.717, 1.165) is 54.8 Å². The van der Waals surface area contributed by atoms with Crippen molar-refractivity contribution in [1.82, 2.24) is 9.88 Å². The summed E-state index contributed by atoms with van der Waals surface area (Å²) in [5, 5.41) is 12.6. The molecular weight excluding hydrogens is 272 g/mol. The number of allylic oxidation sites excluding steroid dienone is 1. The molecule has 0 saturated carbocycles. The number of aromatic amines is 1. The Bertz CT molecular complexity index is 786. The Hall–Kier alpha value is -1.84. The van der Waals surface area contributed by atoms with E-state index in [2.05, 4.69) is 40.7 Å². The monoisotopic (exact) mass is 294 g/mol. The van der Waals surface area contributed by atoms with Crippen LogP contribution >= 0.6 is 0 Å². The molecule has 2 N–H and O–H groups in total. The highest BCUT2D eigenvalue weighted by molar-refractivity contribution is 5.91. The average Bonchev–Trinajstić information content (AvgIpc) is 2.93. The summed E-state index contributed by atoms with van der Waals surface area (Å²) < 4.78 is 0. The number of nitrogens with zero attached hydrogens (tertiary/aromatic N) is 1. The number of benzene rings is 1. The minimum atomic E-state index is -0.911. The lowest BCUT2D eigenvalue weighted by Crippen LogP contribution is -2.46. The van der Waals surface area contributed by atoms with Crippen LogP contribution in [0.2, 0.25) is 0 Å². The SMILES string of the molecule is C=C1c2[nH]c3ccccc3c2CCN2CCC1(O)/C(=C/C)C2. The van der Waals surface area contributed by atoms with Crippen LogP contribution in [-0.4, -0.2) is 40.2 Å². The van der Waals surface area contributed by atoms with Gasteiger partial charge in [0.25, 0.3) is 0 Å². The van der Waals surface area contributed by atoms with Gasteiger partial charge in [-0.05, 0) is 37.0 Å². The van der Waals surface area contributed by atoms with E-state index < -0.39 is 5.60 Å². The molecule has 0 amide bonds. The van der Waals surface area contributed by atoms with Crippen molar-refractivity contribution in [3.63, 3.8) is 0 Å². The second-order valence-corrected chi connectivity index (χ2v) is 6.45. The Morgan fingerprint density at radius 3 is 2.95 bits per heavy atom. The predicted molar refractivity (Wildman–Crippen MR) is 90.8 cm³/mol. The Morgan fingerprint density at radius 2 is 2.14 bits per heavy atom. The number of fused-ring (bicyclic) bond motifs is 4. The normalized spacial score (nSPS) is 30.2. The van der Waals surface area contributed by atoms with Crippen molar-refractivity contribution < 1.29 is 5.11 Å². The number of piperidine rings is 1. The summed E-state index contributed by atoms with van der Waals surface area (Å²) >= 11 is 0. The van der Waals surface area contributed by atoms with E-state index in [1.807, 2.05) is 13.0 Å². The molecule has 2 aromatic rings. The predicted octanol–water partition coefficient (Wildman–Crippen LogP) is 3.12. The molecule has 0 aliphatic carbocycles. The third kappa shape index (κ3) is 1.82. The molecule has 2 atom stereocenters. The first-order valence-electron chi connectivity index (χ1n) is 8.03. The van der Waals surface area contributed by atoms with Gasteiger partial charge in [0.2, 0.25) is 0 Å². The van der Waals surface area contributed by atoms with Crippen molar-refractivity contribution >= 4 is 16.5 Å². The summed E-state index contributed by atoms with van der Waals surface area (Å²) in [4.78, 5) is 5.95. The summed E-state index contributed by atoms with van der Waals surface area (Å²) in [6.07, 6.45) is 3.77. The fourth-order valence-corrected chi connectivity index (χ4v) is 3.99. The van der Waals surface area contributed by atoms with E-state index in [-0.39, 0.29) is 0 Å². The maximum absolute atomic E-state index is 11.3. The molecule has 1 fully saturated rings. The number of H-pyrrole nitrogens is 1. The first-order valence-corrected chi connectivity index (χ1v) is 8.03. The number of rotatable bonds is 0. The molecule has 114 valence electrons. The van der Waals surface area contributed by atoms with Crippen LogP contribution in [0.1, 0.15) is 24.6 Å². The van der Waals surface area contributed by atoms with Crippen LogP contribution in [0.3, 0.4) is 0 Å². The van der Waals surface area contributed by atoms with Crippen molar-refractivity contribution in [2.24, 2.45) is 0 Å².